The molecule has 1 saturated heterocycles. The van der Waals surface area contributed by atoms with Crippen molar-refractivity contribution in [3.63, 3.8) is 0 Å². The Morgan fingerprint density at radius 1 is 1.46 bits per heavy atom. The first kappa shape index (κ1) is 16.7. The lowest BCUT2D eigenvalue weighted by Crippen LogP contribution is -2.56. The first-order valence-corrected chi connectivity index (χ1v) is 8.48. The molecule has 1 unspecified atom stereocenters. The Hall–Kier alpha value is -2.19. The molecule has 0 bridgehead atoms. The van der Waals surface area contributed by atoms with Crippen LogP contribution in [0.1, 0.15) is 13.8 Å². The van der Waals surface area contributed by atoms with E-state index in [1.54, 1.807) is 4.90 Å². The van der Waals surface area contributed by atoms with E-state index in [1.807, 2.05) is 44.2 Å². The highest BCUT2D eigenvalue weighted by molar-refractivity contribution is 7.10. The van der Waals surface area contributed by atoms with Gasteiger partial charge in [0.2, 0.25) is 0 Å². The quantitative estimate of drug-likeness (QED) is 0.919. The number of carbonyl (C=O) groups excluding carboxylic acids is 1. The maximum Gasteiger partial charge on any atom is 0.322 e. The molecule has 7 nitrogen and oxygen atoms in total. The number of ether oxygens (including phenoxy) is 2. The molecule has 1 atom stereocenters. The normalized spacial score (nSPS) is 19.8. The van der Waals surface area contributed by atoms with Crippen LogP contribution in [-0.2, 0) is 4.74 Å². The number of para-hydroxylation sites is 1. The first-order chi connectivity index (χ1) is 11.5. The number of rotatable bonds is 4. The van der Waals surface area contributed by atoms with Gasteiger partial charge in [-0.15, -0.1) is 5.10 Å². The fraction of sp³-hybridized carbons (Fsp3) is 0.438. The number of morpholine rings is 1. The van der Waals surface area contributed by atoms with Crippen molar-refractivity contribution in [2.75, 3.05) is 25.0 Å². The lowest BCUT2D eigenvalue weighted by molar-refractivity contribution is -0.134. The Labute approximate surface area is 144 Å². The van der Waals surface area contributed by atoms with Gasteiger partial charge < -0.3 is 14.4 Å². The zero-order valence-corrected chi connectivity index (χ0v) is 14.5. The largest absolute Gasteiger partial charge is 0.491 e. The molecule has 3 rings (SSSR count). The summed E-state index contributed by atoms with van der Waals surface area (Å²) in [6, 6.07) is 9.40. The molecule has 1 aliphatic rings. The molecular formula is C16H20N4O3S. The standard InChI is InChI=1S/C16H20N4O3S/c1-16(2)11-20(15(21)18-14-8-17-19-24-14)9-13(23-16)10-22-12-6-4-3-5-7-12/h3-8,13H,9-11H2,1-2H3,(H,18,21). The Morgan fingerprint density at radius 3 is 2.96 bits per heavy atom. The number of amides is 2. The van der Waals surface area contributed by atoms with Gasteiger partial charge in [0.15, 0.2) is 0 Å². The second-order valence-electron chi connectivity index (χ2n) is 6.22. The maximum atomic E-state index is 12.4. The zero-order chi connectivity index (χ0) is 17.0. The van der Waals surface area contributed by atoms with Crippen LogP contribution in [0, 0.1) is 0 Å². The van der Waals surface area contributed by atoms with Gasteiger partial charge in [-0.05, 0) is 26.0 Å². The van der Waals surface area contributed by atoms with Crippen LogP contribution >= 0.6 is 11.5 Å². The molecule has 1 N–H and O–H groups in total. The van der Waals surface area contributed by atoms with E-state index in [-0.39, 0.29) is 12.1 Å². The lowest BCUT2D eigenvalue weighted by Gasteiger charge is -2.42. The summed E-state index contributed by atoms with van der Waals surface area (Å²) in [6.07, 6.45) is 1.34. The van der Waals surface area contributed by atoms with Crippen LogP contribution in [0.4, 0.5) is 9.80 Å². The Kier molecular flexibility index (Phi) is 4.96. The van der Waals surface area contributed by atoms with E-state index in [0.29, 0.717) is 24.7 Å². The van der Waals surface area contributed by atoms with Crippen LogP contribution in [0.3, 0.4) is 0 Å². The molecule has 8 heteroatoms. The van der Waals surface area contributed by atoms with Crippen molar-refractivity contribution in [3.8, 4) is 5.75 Å². The third kappa shape index (κ3) is 4.42. The van der Waals surface area contributed by atoms with Gasteiger partial charge in [-0.3, -0.25) is 5.32 Å². The fourth-order valence-corrected chi connectivity index (χ4v) is 3.06. The number of anilines is 1. The van der Waals surface area contributed by atoms with E-state index >= 15 is 0 Å². The van der Waals surface area contributed by atoms with Gasteiger partial charge in [-0.1, -0.05) is 22.7 Å². The third-order valence-corrected chi connectivity index (χ3v) is 4.12. The number of benzene rings is 1. The van der Waals surface area contributed by atoms with Crippen LogP contribution in [-0.4, -0.2) is 51.9 Å². The van der Waals surface area contributed by atoms with Crippen molar-refractivity contribution < 1.29 is 14.3 Å². The predicted octanol–water partition coefficient (Wildman–Crippen LogP) is 2.63. The van der Waals surface area contributed by atoms with Crippen LogP contribution in [0.25, 0.3) is 0 Å². The van der Waals surface area contributed by atoms with Crippen molar-refractivity contribution in [3.05, 3.63) is 36.5 Å². The lowest BCUT2D eigenvalue weighted by atomic mass is 10.1. The van der Waals surface area contributed by atoms with E-state index in [1.165, 1.54) is 6.20 Å². The smallest absolute Gasteiger partial charge is 0.322 e. The second kappa shape index (κ2) is 7.14. The summed E-state index contributed by atoms with van der Waals surface area (Å²) < 4.78 is 15.6. The van der Waals surface area contributed by atoms with Gasteiger partial charge in [0, 0.05) is 11.5 Å². The van der Waals surface area contributed by atoms with Crippen molar-refractivity contribution in [1.82, 2.24) is 14.5 Å². The Bertz CT molecular complexity index is 663. The molecule has 2 heterocycles. The van der Waals surface area contributed by atoms with Crippen LogP contribution < -0.4 is 10.1 Å². The van der Waals surface area contributed by atoms with Crippen molar-refractivity contribution in [2.24, 2.45) is 0 Å². The number of aromatic nitrogens is 2. The summed E-state index contributed by atoms with van der Waals surface area (Å²) in [5.74, 6) is 0.788. The average molecular weight is 348 g/mol. The zero-order valence-electron chi connectivity index (χ0n) is 13.6. The monoisotopic (exact) mass is 348 g/mol. The number of nitrogens with zero attached hydrogens (tertiary/aromatic N) is 3. The van der Waals surface area contributed by atoms with E-state index in [4.69, 9.17) is 9.47 Å². The number of hydrogen-bond donors (Lipinski definition) is 1. The molecule has 1 aromatic heterocycles. The Balaban J connectivity index is 1.60. The summed E-state index contributed by atoms with van der Waals surface area (Å²) in [7, 11) is 0. The summed E-state index contributed by atoms with van der Waals surface area (Å²) in [6.45, 7) is 5.30. The van der Waals surface area contributed by atoms with Crippen LogP contribution in [0.2, 0.25) is 0 Å². The van der Waals surface area contributed by atoms with Crippen LogP contribution in [0.5, 0.6) is 5.75 Å². The predicted molar refractivity (Wildman–Crippen MR) is 91.4 cm³/mol. The van der Waals surface area contributed by atoms with Crippen molar-refractivity contribution in [1.29, 1.82) is 0 Å². The third-order valence-electron chi connectivity index (χ3n) is 3.54. The van der Waals surface area contributed by atoms with Gasteiger partial charge in [0.25, 0.3) is 0 Å². The summed E-state index contributed by atoms with van der Waals surface area (Å²) >= 11 is 1.15. The number of nitrogens with one attached hydrogen (secondary N) is 1. The molecule has 0 saturated carbocycles. The number of hydrogen-bond acceptors (Lipinski definition) is 6. The maximum absolute atomic E-state index is 12.4. The molecule has 24 heavy (non-hydrogen) atoms. The van der Waals surface area contributed by atoms with E-state index < -0.39 is 5.60 Å². The molecule has 0 spiro atoms. The van der Waals surface area contributed by atoms with Gasteiger partial charge in [-0.2, -0.15) is 0 Å². The minimum Gasteiger partial charge on any atom is -0.491 e. The molecule has 128 valence electrons. The van der Waals surface area contributed by atoms with E-state index in [9.17, 15) is 4.79 Å². The van der Waals surface area contributed by atoms with Gasteiger partial charge >= 0.3 is 6.03 Å². The van der Waals surface area contributed by atoms with Crippen LogP contribution in [0.15, 0.2) is 36.5 Å². The highest BCUT2D eigenvalue weighted by Crippen LogP contribution is 2.23. The Morgan fingerprint density at radius 2 is 2.25 bits per heavy atom. The van der Waals surface area contributed by atoms with Gasteiger partial charge in [0.05, 0.1) is 24.9 Å². The topological polar surface area (TPSA) is 76.6 Å². The van der Waals surface area contributed by atoms with E-state index in [0.717, 1.165) is 17.3 Å². The molecule has 0 aliphatic carbocycles. The number of carbonyl (C=O) groups is 1. The summed E-state index contributed by atoms with van der Waals surface area (Å²) in [5.41, 5.74) is -0.438. The second-order valence-corrected chi connectivity index (χ2v) is 7.00. The molecule has 1 aromatic carbocycles. The van der Waals surface area contributed by atoms with E-state index in [2.05, 4.69) is 14.9 Å². The van der Waals surface area contributed by atoms with Crippen molar-refractivity contribution in [2.45, 2.75) is 25.6 Å². The molecular weight excluding hydrogens is 328 g/mol. The minimum absolute atomic E-state index is 0.179. The number of urea groups is 1. The highest BCUT2D eigenvalue weighted by Gasteiger charge is 2.36. The SMILES string of the molecule is CC1(C)CN(C(=O)Nc2cnns2)CC(COc2ccccc2)O1. The van der Waals surface area contributed by atoms with Gasteiger partial charge in [-0.25, -0.2) is 4.79 Å². The molecule has 2 aromatic rings. The molecule has 0 radical (unpaired) electrons. The molecule has 1 fully saturated rings. The minimum atomic E-state index is -0.438. The fourth-order valence-electron chi connectivity index (χ4n) is 2.65. The first-order valence-electron chi connectivity index (χ1n) is 7.71. The molecule has 1 aliphatic heterocycles. The average Bonchev–Trinajstić information content (AvgIpc) is 3.05. The van der Waals surface area contributed by atoms with Gasteiger partial charge in [0.1, 0.15) is 23.5 Å². The van der Waals surface area contributed by atoms with Crippen molar-refractivity contribution >= 4 is 22.6 Å². The summed E-state index contributed by atoms with van der Waals surface area (Å²) in [5, 5.41) is 7.15. The summed E-state index contributed by atoms with van der Waals surface area (Å²) in [4.78, 5) is 14.2. The molecule has 2 amide bonds. The highest BCUT2D eigenvalue weighted by atomic mass is 32.1.